The molecule has 0 fully saturated rings. The summed E-state index contributed by atoms with van der Waals surface area (Å²) in [7, 11) is 0. The molecule has 0 atom stereocenters. The third kappa shape index (κ3) is 3.10. The minimum Gasteiger partial charge on any atom is -0.379 e. The van der Waals surface area contributed by atoms with E-state index in [1.165, 1.54) is 16.5 Å². The summed E-state index contributed by atoms with van der Waals surface area (Å²) in [5, 5.41) is 10.4. The predicted molar refractivity (Wildman–Crippen MR) is 91.6 cm³/mol. The maximum Gasteiger partial charge on any atom is 0.0597 e. The fourth-order valence-electron chi connectivity index (χ4n) is 2.53. The number of halogens is 1. The molecule has 4 heteroatoms. The van der Waals surface area contributed by atoms with Crippen LogP contribution < -0.4 is 5.32 Å². The molecule has 1 heterocycles. The summed E-state index contributed by atoms with van der Waals surface area (Å²) in [6.07, 6.45) is 0. The van der Waals surface area contributed by atoms with Gasteiger partial charge >= 0.3 is 0 Å². The van der Waals surface area contributed by atoms with Crippen molar-refractivity contribution >= 4 is 32.4 Å². The molecule has 1 aromatic heterocycles. The van der Waals surface area contributed by atoms with Crippen LogP contribution in [0.3, 0.4) is 0 Å². The number of fused-ring (bicyclic) bond motifs is 1. The number of benzene rings is 2. The van der Waals surface area contributed by atoms with Crippen molar-refractivity contribution in [3.63, 3.8) is 0 Å². The molecule has 0 radical (unpaired) electrons. The third-order valence-electron chi connectivity index (χ3n) is 3.56. The lowest BCUT2D eigenvalue weighted by molar-refractivity contribution is 0.623. The molecular weight excluding hydrogens is 326 g/mol. The number of nitrogens with zero attached hydrogens (tertiary/aromatic N) is 2. The first kappa shape index (κ1) is 14.1. The number of aromatic nitrogens is 2. The molecule has 0 aliphatic heterocycles. The average molecular weight is 344 g/mol. The van der Waals surface area contributed by atoms with Crippen molar-refractivity contribution in [3.8, 4) is 0 Å². The van der Waals surface area contributed by atoms with Crippen molar-refractivity contribution in [2.75, 3.05) is 5.32 Å². The van der Waals surface area contributed by atoms with Crippen molar-refractivity contribution in [2.45, 2.75) is 26.9 Å². The van der Waals surface area contributed by atoms with Crippen LogP contribution in [0, 0.1) is 6.92 Å². The van der Waals surface area contributed by atoms with Gasteiger partial charge in [0, 0.05) is 16.7 Å². The number of hydrogen-bond acceptors (Lipinski definition) is 2. The Bertz CT molecular complexity index is 777. The highest BCUT2D eigenvalue weighted by Crippen LogP contribution is 2.23. The standard InChI is InChI=1S/C17H18BrN3/c1-3-21-17(8-12(2)20-21)11-19-16-7-5-13-9-15(18)6-4-14(13)10-16/h4-10,19H,3,11H2,1-2H3. The van der Waals surface area contributed by atoms with Gasteiger partial charge in [-0.05, 0) is 55.0 Å². The molecule has 0 aliphatic rings. The molecule has 0 aliphatic carbocycles. The summed E-state index contributed by atoms with van der Waals surface area (Å²) in [4.78, 5) is 0. The van der Waals surface area contributed by atoms with E-state index in [0.29, 0.717) is 0 Å². The highest BCUT2D eigenvalue weighted by atomic mass is 79.9. The van der Waals surface area contributed by atoms with Gasteiger partial charge in [0.05, 0.1) is 17.9 Å². The Labute approximate surface area is 133 Å². The Morgan fingerprint density at radius 1 is 1.10 bits per heavy atom. The van der Waals surface area contributed by atoms with E-state index in [1.807, 2.05) is 11.6 Å². The molecule has 0 saturated carbocycles. The van der Waals surface area contributed by atoms with E-state index < -0.39 is 0 Å². The normalized spacial score (nSPS) is 11.0. The van der Waals surface area contributed by atoms with Gasteiger partial charge in [-0.1, -0.05) is 28.1 Å². The van der Waals surface area contributed by atoms with Crippen molar-refractivity contribution in [1.82, 2.24) is 9.78 Å². The average Bonchev–Trinajstić information content (AvgIpc) is 2.85. The Morgan fingerprint density at radius 3 is 2.67 bits per heavy atom. The Balaban J connectivity index is 1.80. The molecule has 0 spiro atoms. The molecule has 108 valence electrons. The van der Waals surface area contributed by atoms with E-state index in [4.69, 9.17) is 0 Å². The first-order valence-electron chi connectivity index (χ1n) is 7.12. The van der Waals surface area contributed by atoms with Gasteiger partial charge in [0.25, 0.3) is 0 Å². The maximum atomic E-state index is 4.47. The zero-order valence-corrected chi connectivity index (χ0v) is 13.8. The summed E-state index contributed by atoms with van der Waals surface area (Å²) in [6.45, 7) is 5.83. The molecule has 0 bridgehead atoms. The van der Waals surface area contributed by atoms with E-state index in [1.54, 1.807) is 0 Å². The lowest BCUT2D eigenvalue weighted by atomic mass is 10.1. The number of anilines is 1. The number of hydrogen-bond donors (Lipinski definition) is 1. The lowest BCUT2D eigenvalue weighted by Crippen LogP contribution is -2.07. The fourth-order valence-corrected chi connectivity index (χ4v) is 2.91. The summed E-state index contributed by atoms with van der Waals surface area (Å²) < 4.78 is 3.15. The third-order valence-corrected chi connectivity index (χ3v) is 4.05. The monoisotopic (exact) mass is 343 g/mol. The van der Waals surface area contributed by atoms with E-state index in [2.05, 4.69) is 75.7 Å². The molecule has 1 N–H and O–H groups in total. The predicted octanol–water partition coefficient (Wildman–Crippen LogP) is 4.74. The van der Waals surface area contributed by atoms with Crippen molar-refractivity contribution in [1.29, 1.82) is 0 Å². The van der Waals surface area contributed by atoms with Crippen LogP contribution in [0.1, 0.15) is 18.3 Å². The Hall–Kier alpha value is -1.81. The highest BCUT2D eigenvalue weighted by Gasteiger charge is 2.04. The van der Waals surface area contributed by atoms with E-state index in [-0.39, 0.29) is 0 Å². The largest absolute Gasteiger partial charge is 0.379 e. The zero-order valence-electron chi connectivity index (χ0n) is 12.2. The maximum absolute atomic E-state index is 4.47. The van der Waals surface area contributed by atoms with Crippen molar-refractivity contribution in [2.24, 2.45) is 0 Å². The molecular formula is C17H18BrN3. The van der Waals surface area contributed by atoms with Gasteiger partial charge in [-0.25, -0.2) is 0 Å². The van der Waals surface area contributed by atoms with Gasteiger partial charge in [-0.15, -0.1) is 0 Å². The molecule has 3 aromatic rings. The van der Waals surface area contributed by atoms with Gasteiger partial charge in [-0.2, -0.15) is 5.10 Å². The van der Waals surface area contributed by atoms with Crippen molar-refractivity contribution in [3.05, 3.63) is 58.3 Å². The van der Waals surface area contributed by atoms with Gasteiger partial charge in [0.1, 0.15) is 0 Å². The minimum absolute atomic E-state index is 0.788. The van der Waals surface area contributed by atoms with Crippen LogP contribution in [-0.4, -0.2) is 9.78 Å². The number of aryl methyl sites for hydroxylation is 2. The van der Waals surface area contributed by atoms with Crippen LogP contribution in [0.4, 0.5) is 5.69 Å². The molecule has 21 heavy (non-hydrogen) atoms. The van der Waals surface area contributed by atoms with Crippen LogP contribution in [-0.2, 0) is 13.1 Å². The highest BCUT2D eigenvalue weighted by molar-refractivity contribution is 9.10. The molecule has 0 saturated heterocycles. The van der Waals surface area contributed by atoms with Gasteiger partial charge in [0.15, 0.2) is 0 Å². The fraction of sp³-hybridized carbons (Fsp3) is 0.235. The smallest absolute Gasteiger partial charge is 0.0597 e. The molecule has 0 unspecified atom stereocenters. The van der Waals surface area contributed by atoms with Crippen LogP contribution in [0.15, 0.2) is 46.9 Å². The van der Waals surface area contributed by atoms with Gasteiger partial charge in [0.2, 0.25) is 0 Å². The van der Waals surface area contributed by atoms with Crippen molar-refractivity contribution < 1.29 is 0 Å². The summed E-state index contributed by atoms with van der Waals surface area (Å²) in [6, 6.07) is 14.9. The van der Waals surface area contributed by atoms with Crippen LogP contribution in [0.5, 0.6) is 0 Å². The second kappa shape index (κ2) is 5.90. The SMILES string of the molecule is CCn1nc(C)cc1CNc1ccc2cc(Br)ccc2c1. The molecule has 3 rings (SSSR count). The summed E-state index contributed by atoms with van der Waals surface area (Å²) in [5.41, 5.74) is 3.41. The zero-order chi connectivity index (χ0) is 14.8. The quantitative estimate of drug-likeness (QED) is 0.741. The van der Waals surface area contributed by atoms with Crippen LogP contribution in [0.25, 0.3) is 10.8 Å². The van der Waals surface area contributed by atoms with Crippen LogP contribution >= 0.6 is 15.9 Å². The summed E-state index contributed by atoms with van der Waals surface area (Å²) in [5.74, 6) is 0. The van der Waals surface area contributed by atoms with Gasteiger partial charge in [-0.3, -0.25) is 4.68 Å². The minimum atomic E-state index is 0.788. The molecule has 0 amide bonds. The Morgan fingerprint density at radius 2 is 1.86 bits per heavy atom. The second-order valence-electron chi connectivity index (χ2n) is 5.15. The van der Waals surface area contributed by atoms with E-state index >= 15 is 0 Å². The topological polar surface area (TPSA) is 29.9 Å². The number of nitrogens with one attached hydrogen (secondary N) is 1. The second-order valence-corrected chi connectivity index (χ2v) is 6.07. The Kier molecular flexibility index (Phi) is 3.97. The summed E-state index contributed by atoms with van der Waals surface area (Å²) >= 11 is 3.51. The first-order valence-corrected chi connectivity index (χ1v) is 7.91. The first-order chi connectivity index (χ1) is 10.2. The van der Waals surface area contributed by atoms with E-state index in [0.717, 1.165) is 28.9 Å². The molecule has 3 nitrogen and oxygen atoms in total. The van der Waals surface area contributed by atoms with Gasteiger partial charge < -0.3 is 5.32 Å². The van der Waals surface area contributed by atoms with E-state index in [9.17, 15) is 0 Å². The molecule has 2 aromatic carbocycles. The van der Waals surface area contributed by atoms with Crippen LogP contribution in [0.2, 0.25) is 0 Å². The lowest BCUT2D eigenvalue weighted by Gasteiger charge is -2.09. The number of rotatable bonds is 4.